The van der Waals surface area contributed by atoms with Crippen molar-refractivity contribution in [1.29, 1.82) is 0 Å². The first kappa shape index (κ1) is 12.5. The van der Waals surface area contributed by atoms with E-state index in [1.54, 1.807) is 6.07 Å². The summed E-state index contributed by atoms with van der Waals surface area (Å²) in [5.74, 6) is -1.55. The molecule has 0 unspecified atom stereocenters. The molecule has 0 aromatic heterocycles. The maximum Gasteiger partial charge on any atom is 0.159 e. The number of halogens is 2. The van der Waals surface area contributed by atoms with Crippen LogP contribution in [0.15, 0.2) is 18.2 Å². The Bertz CT molecular complexity index is 378. The minimum atomic E-state index is -0.784. The van der Waals surface area contributed by atoms with Gasteiger partial charge in [-0.05, 0) is 50.0 Å². The molecule has 0 radical (unpaired) electrons. The third-order valence-electron chi connectivity index (χ3n) is 3.08. The smallest absolute Gasteiger partial charge is 0.159 e. The first-order valence-corrected chi connectivity index (χ1v) is 6.08. The third kappa shape index (κ3) is 3.48. The molecule has 0 amide bonds. The van der Waals surface area contributed by atoms with E-state index in [0.29, 0.717) is 19.1 Å². The maximum absolute atomic E-state index is 13.1. The summed E-state index contributed by atoms with van der Waals surface area (Å²) in [6, 6.07) is 4.73. The Balaban J connectivity index is 1.98. The molecule has 0 spiro atoms. The van der Waals surface area contributed by atoms with Crippen molar-refractivity contribution in [3.05, 3.63) is 35.4 Å². The van der Waals surface area contributed by atoms with E-state index in [1.807, 2.05) is 0 Å². The van der Waals surface area contributed by atoms with E-state index in [2.05, 4.69) is 4.90 Å². The zero-order chi connectivity index (χ0) is 12.3. The van der Waals surface area contributed by atoms with Gasteiger partial charge in [0.25, 0.3) is 0 Å². The quantitative estimate of drug-likeness (QED) is 0.826. The van der Waals surface area contributed by atoms with Crippen LogP contribution in [0.4, 0.5) is 8.78 Å². The molecule has 1 aromatic carbocycles. The Morgan fingerprint density at radius 3 is 2.59 bits per heavy atom. The van der Waals surface area contributed by atoms with Crippen molar-refractivity contribution in [2.24, 2.45) is 5.73 Å². The molecule has 0 heterocycles. The second kappa shape index (κ2) is 5.56. The van der Waals surface area contributed by atoms with E-state index in [1.165, 1.54) is 25.0 Å². The van der Waals surface area contributed by atoms with Gasteiger partial charge in [-0.25, -0.2) is 8.78 Å². The lowest BCUT2D eigenvalue weighted by molar-refractivity contribution is 0.252. The number of nitrogens with zero attached hydrogens (tertiary/aromatic N) is 1. The first-order valence-electron chi connectivity index (χ1n) is 6.08. The molecule has 4 heteroatoms. The maximum atomic E-state index is 13.1. The zero-order valence-corrected chi connectivity index (χ0v) is 9.83. The van der Waals surface area contributed by atoms with Crippen LogP contribution >= 0.6 is 0 Å². The second-order valence-corrected chi connectivity index (χ2v) is 4.59. The van der Waals surface area contributed by atoms with Gasteiger partial charge in [-0.15, -0.1) is 0 Å². The molecule has 1 aliphatic rings. The van der Waals surface area contributed by atoms with Crippen molar-refractivity contribution in [3.8, 4) is 0 Å². The van der Waals surface area contributed by atoms with Crippen molar-refractivity contribution in [3.63, 3.8) is 0 Å². The van der Waals surface area contributed by atoms with Crippen LogP contribution in [0.1, 0.15) is 24.8 Å². The molecule has 1 saturated carbocycles. The normalized spacial score (nSPS) is 15.5. The summed E-state index contributed by atoms with van der Waals surface area (Å²) >= 11 is 0. The summed E-state index contributed by atoms with van der Waals surface area (Å²) in [6.07, 6.45) is 3.35. The summed E-state index contributed by atoms with van der Waals surface area (Å²) < 4.78 is 25.9. The van der Waals surface area contributed by atoms with E-state index in [0.717, 1.165) is 18.5 Å². The third-order valence-corrected chi connectivity index (χ3v) is 3.08. The van der Waals surface area contributed by atoms with Crippen molar-refractivity contribution in [1.82, 2.24) is 4.90 Å². The van der Waals surface area contributed by atoms with Crippen molar-refractivity contribution >= 4 is 0 Å². The summed E-state index contributed by atoms with van der Waals surface area (Å²) in [7, 11) is 0. The van der Waals surface area contributed by atoms with Gasteiger partial charge in [0.2, 0.25) is 0 Å². The fraction of sp³-hybridized carbons (Fsp3) is 0.538. The van der Waals surface area contributed by atoms with Gasteiger partial charge in [0.1, 0.15) is 0 Å². The average molecular weight is 240 g/mol. The Morgan fingerprint density at radius 1 is 1.24 bits per heavy atom. The van der Waals surface area contributed by atoms with Crippen molar-refractivity contribution in [2.75, 3.05) is 13.1 Å². The standard InChI is InChI=1S/C13H18F2N2/c14-12-5-2-10(8-13(12)15)9-17(7-1-6-16)11-3-4-11/h2,5,8,11H,1,3-4,6-7,9,16H2. The van der Waals surface area contributed by atoms with Crippen LogP contribution in [0.5, 0.6) is 0 Å². The molecule has 1 fully saturated rings. The first-order chi connectivity index (χ1) is 8.20. The minimum absolute atomic E-state index is 0.606. The summed E-state index contributed by atoms with van der Waals surface area (Å²) in [4.78, 5) is 2.31. The SMILES string of the molecule is NCCCN(Cc1ccc(F)c(F)c1)C1CC1. The Morgan fingerprint density at radius 2 is 2.00 bits per heavy atom. The molecule has 0 saturated heterocycles. The fourth-order valence-electron chi connectivity index (χ4n) is 2.00. The second-order valence-electron chi connectivity index (χ2n) is 4.59. The summed E-state index contributed by atoms with van der Waals surface area (Å²) in [6.45, 7) is 2.28. The monoisotopic (exact) mass is 240 g/mol. The van der Waals surface area contributed by atoms with Gasteiger partial charge < -0.3 is 5.73 Å². The number of nitrogens with two attached hydrogens (primary N) is 1. The largest absolute Gasteiger partial charge is 0.330 e. The lowest BCUT2D eigenvalue weighted by Crippen LogP contribution is -2.28. The minimum Gasteiger partial charge on any atom is -0.330 e. The predicted molar refractivity (Wildman–Crippen MR) is 63.5 cm³/mol. The molecule has 2 nitrogen and oxygen atoms in total. The van der Waals surface area contributed by atoms with Gasteiger partial charge in [-0.3, -0.25) is 4.90 Å². The molecule has 2 N–H and O–H groups in total. The average Bonchev–Trinajstić information content (AvgIpc) is 3.13. The molecule has 0 aliphatic heterocycles. The Hall–Kier alpha value is -1.00. The number of rotatable bonds is 6. The lowest BCUT2D eigenvalue weighted by atomic mass is 10.2. The van der Waals surface area contributed by atoms with Crippen molar-refractivity contribution < 1.29 is 8.78 Å². The zero-order valence-electron chi connectivity index (χ0n) is 9.83. The van der Waals surface area contributed by atoms with Crippen molar-refractivity contribution in [2.45, 2.75) is 31.8 Å². The Kier molecular flexibility index (Phi) is 4.07. The molecule has 0 bridgehead atoms. The van der Waals surface area contributed by atoms with Crippen LogP contribution in [-0.2, 0) is 6.54 Å². The van der Waals surface area contributed by atoms with Gasteiger partial charge in [-0.1, -0.05) is 6.07 Å². The van der Waals surface area contributed by atoms with Gasteiger partial charge in [-0.2, -0.15) is 0 Å². The molecule has 17 heavy (non-hydrogen) atoms. The van der Waals surface area contributed by atoms with Crippen LogP contribution in [0.25, 0.3) is 0 Å². The van der Waals surface area contributed by atoms with E-state index in [9.17, 15) is 8.78 Å². The number of hydrogen-bond acceptors (Lipinski definition) is 2. The highest BCUT2D eigenvalue weighted by atomic mass is 19.2. The molecule has 2 rings (SSSR count). The topological polar surface area (TPSA) is 29.3 Å². The van der Waals surface area contributed by atoms with E-state index >= 15 is 0 Å². The van der Waals surface area contributed by atoms with Crippen LogP contribution < -0.4 is 5.73 Å². The van der Waals surface area contributed by atoms with Gasteiger partial charge in [0.05, 0.1) is 0 Å². The van der Waals surface area contributed by atoms with E-state index < -0.39 is 11.6 Å². The summed E-state index contributed by atoms with van der Waals surface area (Å²) in [5, 5.41) is 0. The molecule has 1 aliphatic carbocycles. The van der Waals surface area contributed by atoms with Crippen LogP contribution in [0, 0.1) is 11.6 Å². The molecule has 94 valence electrons. The molecule has 0 atom stereocenters. The van der Waals surface area contributed by atoms with Gasteiger partial charge in [0.15, 0.2) is 11.6 Å². The van der Waals surface area contributed by atoms with E-state index in [4.69, 9.17) is 5.73 Å². The van der Waals surface area contributed by atoms with Crippen LogP contribution in [-0.4, -0.2) is 24.0 Å². The fourth-order valence-corrected chi connectivity index (χ4v) is 2.00. The molecular formula is C13H18F2N2. The highest BCUT2D eigenvalue weighted by Crippen LogP contribution is 2.28. The highest BCUT2D eigenvalue weighted by molar-refractivity contribution is 5.18. The van der Waals surface area contributed by atoms with Gasteiger partial charge in [0, 0.05) is 12.6 Å². The number of benzene rings is 1. The lowest BCUT2D eigenvalue weighted by Gasteiger charge is -2.21. The number of hydrogen-bond donors (Lipinski definition) is 1. The van der Waals surface area contributed by atoms with Gasteiger partial charge >= 0.3 is 0 Å². The van der Waals surface area contributed by atoms with E-state index in [-0.39, 0.29) is 0 Å². The summed E-state index contributed by atoms with van der Waals surface area (Å²) in [5.41, 5.74) is 6.33. The molecule has 1 aromatic rings. The molecular weight excluding hydrogens is 222 g/mol. The Labute approximate surface area is 100 Å². The van der Waals surface area contributed by atoms with Crippen LogP contribution in [0.3, 0.4) is 0 Å². The highest BCUT2D eigenvalue weighted by Gasteiger charge is 2.28. The predicted octanol–water partition coefficient (Wildman–Crippen LogP) is 2.28. The van der Waals surface area contributed by atoms with Crippen LogP contribution in [0.2, 0.25) is 0 Å².